The molecule has 1 atom stereocenters. The SMILES string of the molecule is CCc1cc(NC(=O)c2ncc(-c3cn(CC#N)nc3C(F)(F)F)n2C)ccc1C(=O)N1CCN(C(=O)N2CCNC(C)C2)CC1.O=CO. The van der Waals surface area contributed by atoms with Gasteiger partial charge in [0.25, 0.3) is 18.3 Å². The number of urea groups is 1. The van der Waals surface area contributed by atoms with Crippen LogP contribution in [0.5, 0.6) is 0 Å². The number of carbonyl (C=O) groups is 4. The number of carboxylic acid groups (broad SMARTS) is 1. The summed E-state index contributed by atoms with van der Waals surface area (Å²) in [5.41, 5.74) is 0.0905. The predicted octanol–water partition coefficient (Wildman–Crippen LogP) is 2.51. The lowest BCUT2D eigenvalue weighted by molar-refractivity contribution is -0.141. The van der Waals surface area contributed by atoms with Gasteiger partial charge in [-0.2, -0.15) is 23.5 Å². The Bertz CT molecular complexity index is 1720. The van der Waals surface area contributed by atoms with Crippen LogP contribution >= 0.6 is 0 Å². The summed E-state index contributed by atoms with van der Waals surface area (Å²) in [5, 5.41) is 25.3. The topological polar surface area (TPSA) is 182 Å². The number of nitrogens with zero attached hydrogens (tertiary/aromatic N) is 8. The second kappa shape index (κ2) is 15.6. The molecule has 4 heterocycles. The van der Waals surface area contributed by atoms with Gasteiger partial charge in [-0.1, -0.05) is 6.92 Å². The number of halogens is 3. The normalized spacial score (nSPS) is 16.3. The van der Waals surface area contributed by atoms with E-state index in [1.165, 1.54) is 11.6 Å². The van der Waals surface area contributed by atoms with Gasteiger partial charge in [-0.15, -0.1) is 0 Å². The van der Waals surface area contributed by atoms with Gasteiger partial charge in [0.2, 0.25) is 0 Å². The quantitative estimate of drug-likeness (QED) is 0.328. The van der Waals surface area contributed by atoms with Crippen molar-refractivity contribution in [2.45, 2.75) is 39.0 Å². The largest absolute Gasteiger partial charge is 0.483 e. The van der Waals surface area contributed by atoms with E-state index in [4.69, 9.17) is 15.2 Å². The summed E-state index contributed by atoms with van der Waals surface area (Å²) in [6.45, 7) is 7.04. The van der Waals surface area contributed by atoms with Crippen molar-refractivity contribution in [1.29, 1.82) is 5.26 Å². The first-order valence-electron chi connectivity index (χ1n) is 15.4. The van der Waals surface area contributed by atoms with Crippen LogP contribution in [0.2, 0.25) is 0 Å². The number of nitrogens with one attached hydrogen (secondary N) is 2. The molecule has 18 heteroatoms. The summed E-state index contributed by atoms with van der Waals surface area (Å²) < 4.78 is 43.1. The van der Waals surface area contributed by atoms with Gasteiger partial charge in [0.15, 0.2) is 11.5 Å². The van der Waals surface area contributed by atoms with E-state index < -0.39 is 17.8 Å². The smallest absolute Gasteiger partial charge is 0.435 e. The van der Waals surface area contributed by atoms with Crippen LogP contribution in [0.25, 0.3) is 11.3 Å². The van der Waals surface area contributed by atoms with Crippen LogP contribution < -0.4 is 10.6 Å². The van der Waals surface area contributed by atoms with Crippen molar-refractivity contribution in [1.82, 2.24) is 39.3 Å². The lowest BCUT2D eigenvalue weighted by Crippen LogP contribution is -2.58. The molecule has 2 fully saturated rings. The number of rotatable bonds is 6. The molecule has 2 saturated heterocycles. The summed E-state index contributed by atoms with van der Waals surface area (Å²) in [5.74, 6) is -0.964. The third kappa shape index (κ3) is 8.35. The Labute approximate surface area is 279 Å². The molecule has 262 valence electrons. The zero-order chi connectivity index (χ0) is 35.9. The Kier molecular flexibility index (Phi) is 11.6. The highest BCUT2D eigenvalue weighted by molar-refractivity contribution is 6.03. The van der Waals surface area contributed by atoms with E-state index in [1.54, 1.807) is 34.1 Å². The molecule has 0 saturated carbocycles. The average Bonchev–Trinajstić information content (AvgIpc) is 3.68. The van der Waals surface area contributed by atoms with E-state index in [0.29, 0.717) is 62.5 Å². The van der Waals surface area contributed by atoms with Crippen molar-refractivity contribution in [3.05, 3.63) is 53.2 Å². The maximum atomic E-state index is 13.7. The van der Waals surface area contributed by atoms with Gasteiger partial charge >= 0.3 is 12.2 Å². The van der Waals surface area contributed by atoms with Crippen LogP contribution in [0.15, 0.2) is 30.6 Å². The van der Waals surface area contributed by atoms with Gasteiger partial charge in [-0.3, -0.25) is 19.1 Å². The van der Waals surface area contributed by atoms with E-state index in [9.17, 15) is 27.6 Å². The Morgan fingerprint density at radius 1 is 1.14 bits per heavy atom. The molecule has 0 spiro atoms. The maximum Gasteiger partial charge on any atom is 0.435 e. The molecule has 3 aromatic rings. The minimum Gasteiger partial charge on any atom is -0.483 e. The monoisotopic (exact) mass is 686 g/mol. The van der Waals surface area contributed by atoms with Gasteiger partial charge in [-0.05, 0) is 37.1 Å². The number of aryl methyl sites for hydroxylation is 1. The number of nitriles is 1. The minimum absolute atomic E-state index is 0.00106. The maximum absolute atomic E-state index is 13.7. The number of anilines is 1. The highest BCUT2D eigenvalue weighted by atomic mass is 19.4. The average molecular weight is 687 g/mol. The fourth-order valence-electron chi connectivity index (χ4n) is 5.78. The summed E-state index contributed by atoms with van der Waals surface area (Å²) in [6.07, 6.45) is -2.04. The number of piperazine rings is 2. The van der Waals surface area contributed by atoms with Crippen LogP contribution in [0.3, 0.4) is 0 Å². The highest BCUT2D eigenvalue weighted by Gasteiger charge is 2.38. The lowest BCUT2D eigenvalue weighted by atomic mass is 10.0. The molecular formula is C31H37F3N10O5. The third-order valence-corrected chi connectivity index (χ3v) is 8.18. The van der Waals surface area contributed by atoms with Crippen molar-refractivity contribution >= 4 is 30.0 Å². The predicted molar refractivity (Wildman–Crippen MR) is 169 cm³/mol. The van der Waals surface area contributed by atoms with Crippen molar-refractivity contribution in [2.75, 3.05) is 51.1 Å². The van der Waals surface area contributed by atoms with Gasteiger partial charge in [-0.25, -0.2) is 9.78 Å². The van der Waals surface area contributed by atoms with E-state index in [2.05, 4.69) is 20.7 Å². The van der Waals surface area contributed by atoms with Crippen LogP contribution in [0, 0.1) is 11.3 Å². The zero-order valence-electron chi connectivity index (χ0n) is 27.2. The van der Waals surface area contributed by atoms with Crippen LogP contribution in [-0.2, 0) is 31.0 Å². The minimum atomic E-state index is -4.78. The Balaban J connectivity index is 0.00000174. The number of aromatic nitrogens is 4. The number of hydrogen-bond donors (Lipinski definition) is 3. The molecular weight excluding hydrogens is 649 g/mol. The molecule has 1 unspecified atom stereocenters. The second-order valence-corrected chi connectivity index (χ2v) is 11.4. The standard InChI is InChI=1S/C30H35F3N10O3.CH2O2/c1-4-20-15-21(5-6-22(20)28(45)40-11-13-41(14-12-40)29(46)42-10-8-35-19(2)17-42)37-27(44)26-36-16-24(39(26)3)23-18-43(9-7-34)38-25(23)30(31,32)33;2-1-3/h5-6,15-16,18-19,35H,4,8-14,17H2,1-3H3,(H,37,44);1H,(H,2,3). The summed E-state index contributed by atoms with van der Waals surface area (Å²) in [6, 6.07) is 6.90. The molecule has 2 aliphatic heterocycles. The van der Waals surface area contributed by atoms with Gasteiger partial charge in [0.1, 0.15) is 6.54 Å². The summed E-state index contributed by atoms with van der Waals surface area (Å²) in [4.78, 5) is 57.4. The molecule has 2 aliphatic rings. The lowest BCUT2D eigenvalue weighted by Gasteiger charge is -2.40. The molecule has 3 N–H and O–H groups in total. The number of imidazole rings is 1. The number of alkyl halides is 3. The Morgan fingerprint density at radius 3 is 2.43 bits per heavy atom. The number of hydrogen-bond acceptors (Lipinski definition) is 8. The molecule has 4 amide bonds. The first kappa shape index (κ1) is 36.4. The molecule has 15 nitrogen and oxygen atoms in total. The van der Waals surface area contributed by atoms with E-state index in [0.717, 1.165) is 23.6 Å². The molecule has 1 aromatic carbocycles. The number of carbonyl (C=O) groups excluding carboxylic acids is 3. The number of amides is 4. The fourth-order valence-corrected chi connectivity index (χ4v) is 5.78. The third-order valence-electron chi connectivity index (χ3n) is 8.18. The second-order valence-electron chi connectivity index (χ2n) is 11.4. The van der Waals surface area contributed by atoms with Crippen molar-refractivity contribution < 1.29 is 37.5 Å². The zero-order valence-corrected chi connectivity index (χ0v) is 27.2. The molecule has 0 aliphatic carbocycles. The fraction of sp³-hybridized carbons (Fsp3) is 0.452. The van der Waals surface area contributed by atoms with E-state index >= 15 is 0 Å². The Hall–Kier alpha value is -5.44. The molecule has 0 radical (unpaired) electrons. The van der Waals surface area contributed by atoms with E-state index in [1.807, 2.05) is 18.7 Å². The molecule has 2 aromatic heterocycles. The molecule has 5 rings (SSSR count). The molecule has 0 bridgehead atoms. The first-order valence-corrected chi connectivity index (χ1v) is 15.4. The first-order chi connectivity index (χ1) is 23.3. The van der Waals surface area contributed by atoms with Crippen LogP contribution in [-0.4, -0.2) is 115 Å². The van der Waals surface area contributed by atoms with Crippen molar-refractivity contribution in [3.8, 4) is 17.3 Å². The van der Waals surface area contributed by atoms with E-state index in [-0.39, 0.29) is 48.1 Å². The Morgan fingerprint density at radius 2 is 1.82 bits per heavy atom. The van der Waals surface area contributed by atoms with Crippen molar-refractivity contribution in [3.63, 3.8) is 0 Å². The number of benzene rings is 1. The van der Waals surface area contributed by atoms with Gasteiger partial charge < -0.3 is 35.0 Å². The van der Waals surface area contributed by atoms with Gasteiger partial charge in [0.05, 0.1) is 23.5 Å². The highest BCUT2D eigenvalue weighted by Crippen LogP contribution is 2.36. The van der Waals surface area contributed by atoms with Crippen LogP contribution in [0.4, 0.5) is 23.7 Å². The van der Waals surface area contributed by atoms with Crippen LogP contribution in [0.1, 0.15) is 46.1 Å². The summed E-state index contributed by atoms with van der Waals surface area (Å²) >= 11 is 0. The van der Waals surface area contributed by atoms with Crippen molar-refractivity contribution in [2.24, 2.45) is 7.05 Å². The summed E-state index contributed by atoms with van der Waals surface area (Å²) in [7, 11) is 1.41. The van der Waals surface area contributed by atoms with Gasteiger partial charge in [0, 0.05) is 76.4 Å². The molecule has 49 heavy (non-hydrogen) atoms.